The SMILES string of the molecule is Cc1cc(N)ccc1NCc1ncccc1C. The van der Waals surface area contributed by atoms with E-state index in [1.165, 1.54) is 5.56 Å². The van der Waals surface area contributed by atoms with Crippen molar-refractivity contribution in [3.8, 4) is 0 Å². The smallest absolute Gasteiger partial charge is 0.0623 e. The van der Waals surface area contributed by atoms with E-state index in [9.17, 15) is 0 Å². The second-order valence-corrected chi connectivity index (χ2v) is 4.19. The first-order valence-corrected chi connectivity index (χ1v) is 5.67. The third-order valence-electron chi connectivity index (χ3n) is 2.81. The second-order valence-electron chi connectivity index (χ2n) is 4.19. The van der Waals surface area contributed by atoms with Crippen LogP contribution in [0.25, 0.3) is 0 Å². The van der Waals surface area contributed by atoms with E-state index in [0.717, 1.165) is 29.2 Å². The molecule has 2 rings (SSSR count). The fraction of sp³-hybridized carbons (Fsp3) is 0.214. The number of aryl methyl sites for hydroxylation is 2. The van der Waals surface area contributed by atoms with Gasteiger partial charge in [0, 0.05) is 17.6 Å². The van der Waals surface area contributed by atoms with E-state index in [1.807, 2.05) is 37.4 Å². The maximum Gasteiger partial charge on any atom is 0.0623 e. The number of pyridine rings is 1. The van der Waals surface area contributed by atoms with E-state index < -0.39 is 0 Å². The van der Waals surface area contributed by atoms with E-state index in [0.29, 0.717) is 0 Å². The van der Waals surface area contributed by atoms with Crippen molar-refractivity contribution in [3.05, 3.63) is 53.3 Å². The Kier molecular flexibility index (Phi) is 3.28. The number of aromatic nitrogens is 1. The number of anilines is 2. The molecule has 88 valence electrons. The Labute approximate surface area is 102 Å². The van der Waals surface area contributed by atoms with Crippen molar-refractivity contribution in [1.29, 1.82) is 0 Å². The zero-order valence-electron chi connectivity index (χ0n) is 10.2. The molecule has 0 saturated heterocycles. The van der Waals surface area contributed by atoms with E-state index in [-0.39, 0.29) is 0 Å². The number of nitrogens with one attached hydrogen (secondary N) is 1. The van der Waals surface area contributed by atoms with Crippen LogP contribution in [-0.4, -0.2) is 4.98 Å². The van der Waals surface area contributed by atoms with Crippen LogP contribution in [-0.2, 0) is 6.54 Å². The molecule has 0 atom stereocenters. The van der Waals surface area contributed by atoms with Crippen molar-refractivity contribution in [2.24, 2.45) is 0 Å². The number of benzene rings is 1. The van der Waals surface area contributed by atoms with Crippen LogP contribution in [0.5, 0.6) is 0 Å². The number of nitrogens with zero attached hydrogens (tertiary/aromatic N) is 1. The molecule has 1 heterocycles. The Morgan fingerprint density at radius 2 is 2.00 bits per heavy atom. The zero-order valence-corrected chi connectivity index (χ0v) is 10.2. The number of nitrogen functional groups attached to an aromatic ring is 1. The van der Waals surface area contributed by atoms with Gasteiger partial charge >= 0.3 is 0 Å². The van der Waals surface area contributed by atoms with Crippen LogP contribution < -0.4 is 11.1 Å². The van der Waals surface area contributed by atoms with Gasteiger partial charge in [0.2, 0.25) is 0 Å². The highest BCUT2D eigenvalue weighted by atomic mass is 14.9. The molecular weight excluding hydrogens is 210 g/mol. The summed E-state index contributed by atoms with van der Waals surface area (Å²) in [6.07, 6.45) is 1.82. The van der Waals surface area contributed by atoms with Crippen LogP contribution >= 0.6 is 0 Å². The Bertz CT molecular complexity index is 521. The Morgan fingerprint density at radius 1 is 1.18 bits per heavy atom. The summed E-state index contributed by atoms with van der Waals surface area (Å²) in [5, 5.41) is 3.38. The minimum Gasteiger partial charge on any atom is -0.399 e. The van der Waals surface area contributed by atoms with Crippen LogP contribution in [0.15, 0.2) is 36.5 Å². The fourth-order valence-corrected chi connectivity index (χ4v) is 1.77. The fourth-order valence-electron chi connectivity index (χ4n) is 1.77. The molecule has 0 aliphatic carbocycles. The van der Waals surface area contributed by atoms with Crippen molar-refractivity contribution < 1.29 is 0 Å². The molecule has 1 aromatic carbocycles. The van der Waals surface area contributed by atoms with Crippen molar-refractivity contribution >= 4 is 11.4 Å². The summed E-state index contributed by atoms with van der Waals surface area (Å²) in [6, 6.07) is 9.89. The molecule has 0 spiro atoms. The molecule has 17 heavy (non-hydrogen) atoms. The largest absolute Gasteiger partial charge is 0.399 e. The first-order valence-electron chi connectivity index (χ1n) is 5.67. The lowest BCUT2D eigenvalue weighted by Gasteiger charge is -2.11. The minimum absolute atomic E-state index is 0.734. The molecule has 3 nitrogen and oxygen atoms in total. The van der Waals surface area contributed by atoms with Gasteiger partial charge in [-0.2, -0.15) is 0 Å². The van der Waals surface area contributed by atoms with Crippen LogP contribution in [0.1, 0.15) is 16.8 Å². The lowest BCUT2D eigenvalue weighted by Crippen LogP contribution is -2.04. The van der Waals surface area contributed by atoms with Gasteiger partial charge < -0.3 is 11.1 Å². The number of hydrogen-bond donors (Lipinski definition) is 2. The normalized spacial score (nSPS) is 10.2. The van der Waals surface area contributed by atoms with E-state index >= 15 is 0 Å². The predicted molar refractivity (Wildman–Crippen MR) is 71.9 cm³/mol. The van der Waals surface area contributed by atoms with E-state index in [1.54, 1.807) is 0 Å². The average molecular weight is 227 g/mol. The zero-order chi connectivity index (χ0) is 12.3. The van der Waals surface area contributed by atoms with Gasteiger partial charge in [0.25, 0.3) is 0 Å². The molecule has 2 aromatic rings. The molecule has 0 unspecified atom stereocenters. The Hall–Kier alpha value is -2.03. The first kappa shape index (κ1) is 11.5. The van der Waals surface area contributed by atoms with Gasteiger partial charge in [-0.25, -0.2) is 0 Å². The van der Waals surface area contributed by atoms with Gasteiger partial charge in [0.15, 0.2) is 0 Å². The Balaban J connectivity index is 2.10. The van der Waals surface area contributed by atoms with Gasteiger partial charge in [0.1, 0.15) is 0 Å². The topological polar surface area (TPSA) is 50.9 Å². The molecule has 0 aliphatic heterocycles. The summed E-state index contributed by atoms with van der Waals surface area (Å²) >= 11 is 0. The second kappa shape index (κ2) is 4.87. The van der Waals surface area contributed by atoms with Crippen molar-refractivity contribution in [2.75, 3.05) is 11.1 Å². The third-order valence-corrected chi connectivity index (χ3v) is 2.81. The Morgan fingerprint density at radius 3 is 2.71 bits per heavy atom. The monoisotopic (exact) mass is 227 g/mol. The number of hydrogen-bond acceptors (Lipinski definition) is 3. The maximum absolute atomic E-state index is 5.72. The van der Waals surface area contributed by atoms with Crippen LogP contribution in [0.4, 0.5) is 11.4 Å². The summed E-state index contributed by atoms with van der Waals surface area (Å²) in [5.74, 6) is 0. The predicted octanol–water partition coefficient (Wildman–Crippen LogP) is 2.89. The lowest BCUT2D eigenvalue weighted by molar-refractivity contribution is 1.02. The molecule has 0 bridgehead atoms. The molecule has 1 aromatic heterocycles. The van der Waals surface area contributed by atoms with Gasteiger partial charge in [-0.05, 0) is 49.2 Å². The quantitative estimate of drug-likeness (QED) is 0.793. The summed E-state index contributed by atoms with van der Waals surface area (Å²) in [5.41, 5.74) is 11.0. The van der Waals surface area contributed by atoms with Crippen molar-refractivity contribution in [2.45, 2.75) is 20.4 Å². The summed E-state index contributed by atoms with van der Waals surface area (Å²) < 4.78 is 0. The molecule has 0 saturated carbocycles. The standard InChI is InChI=1S/C14H17N3/c1-10-4-3-7-16-14(10)9-17-13-6-5-12(15)8-11(13)2/h3-8,17H,9,15H2,1-2H3. The molecule has 0 radical (unpaired) electrons. The molecule has 0 amide bonds. The summed E-state index contributed by atoms with van der Waals surface area (Å²) in [4.78, 5) is 4.35. The highest BCUT2D eigenvalue weighted by molar-refractivity contribution is 5.57. The number of nitrogens with two attached hydrogens (primary N) is 1. The molecule has 0 aliphatic rings. The van der Waals surface area contributed by atoms with Crippen molar-refractivity contribution in [3.63, 3.8) is 0 Å². The highest BCUT2D eigenvalue weighted by Gasteiger charge is 2.01. The van der Waals surface area contributed by atoms with Gasteiger partial charge in [0.05, 0.1) is 12.2 Å². The van der Waals surface area contributed by atoms with E-state index in [2.05, 4.69) is 23.3 Å². The van der Waals surface area contributed by atoms with Gasteiger partial charge in [-0.3, -0.25) is 4.98 Å². The summed E-state index contributed by atoms with van der Waals surface area (Å²) in [7, 11) is 0. The summed E-state index contributed by atoms with van der Waals surface area (Å²) in [6.45, 7) is 4.85. The molecule has 0 fully saturated rings. The third kappa shape index (κ3) is 2.75. The lowest BCUT2D eigenvalue weighted by atomic mass is 10.1. The van der Waals surface area contributed by atoms with Gasteiger partial charge in [-0.15, -0.1) is 0 Å². The average Bonchev–Trinajstić information content (AvgIpc) is 2.30. The van der Waals surface area contributed by atoms with Crippen molar-refractivity contribution in [1.82, 2.24) is 4.98 Å². The minimum atomic E-state index is 0.734. The van der Waals surface area contributed by atoms with Crippen LogP contribution in [0.3, 0.4) is 0 Å². The maximum atomic E-state index is 5.72. The molecular formula is C14H17N3. The molecule has 3 N–H and O–H groups in total. The van der Waals surface area contributed by atoms with Crippen LogP contribution in [0, 0.1) is 13.8 Å². The molecule has 3 heteroatoms. The first-order chi connectivity index (χ1) is 8.16. The van der Waals surface area contributed by atoms with Crippen LogP contribution in [0.2, 0.25) is 0 Å². The van der Waals surface area contributed by atoms with E-state index in [4.69, 9.17) is 5.73 Å². The van der Waals surface area contributed by atoms with Gasteiger partial charge in [-0.1, -0.05) is 6.07 Å². The number of rotatable bonds is 3. The highest BCUT2D eigenvalue weighted by Crippen LogP contribution is 2.18.